The highest BCUT2D eigenvalue weighted by Gasteiger charge is 2.12. The quantitative estimate of drug-likeness (QED) is 0.825. The zero-order valence-electron chi connectivity index (χ0n) is 9.71. The Morgan fingerprint density at radius 2 is 1.75 bits per heavy atom. The van der Waals surface area contributed by atoms with Gasteiger partial charge in [0.05, 0.1) is 0 Å². The summed E-state index contributed by atoms with van der Waals surface area (Å²) >= 11 is 2.35. The van der Waals surface area contributed by atoms with E-state index in [9.17, 15) is 0 Å². The Hall–Kier alpha value is -0.0900. The maximum Gasteiger partial charge on any atom is 0.0205 e. The highest BCUT2D eigenvalue weighted by atomic mass is 127. The summed E-state index contributed by atoms with van der Waals surface area (Å²) in [6.07, 6.45) is 7.19. The summed E-state index contributed by atoms with van der Waals surface area (Å²) < 4.78 is 1.31. The molecule has 1 aromatic carbocycles. The Morgan fingerprint density at radius 1 is 1.06 bits per heavy atom. The molecule has 0 aliphatic heterocycles. The van der Waals surface area contributed by atoms with Crippen LogP contribution in [-0.2, 0) is 6.54 Å². The minimum atomic E-state index is 0.928. The van der Waals surface area contributed by atoms with Gasteiger partial charge in [-0.05, 0) is 65.6 Å². The molecule has 2 rings (SSSR count). The van der Waals surface area contributed by atoms with Gasteiger partial charge in [-0.2, -0.15) is 0 Å². The first-order valence-corrected chi connectivity index (χ1v) is 7.37. The minimum Gasteiger partial charge on any atom is -0.312 e. The summed E-state index contributed by atoms with van der Waals surface area (Å²) in [5.41, 5.74) is 1.40. The van der Waals surface area contributed by atoms with Crippen molar-refractivity contribution in [1.82, 2.24) is 5.32 Å². The molecule has 0 amide bonds. The van der Waals surface area contributed by atoms with Crippen LogP contribution in [0.4, 0.5) is 0 Å². The molecule has 1 aliphatic carbocycles. The van der Waals surface area contributed by atoms with Gasteiger partial charge in [0.2, 0.25) is 0 Å². The second kappa shape index (κ2) is 6.60. The van der Waals surface area contributed by atoms with E-state index in [2.05, 4.69) is 52.2 Å². The standard InChI is InChI=1S/C14H20IN/c15-14-8-6-13(7-9-14)11-16-10-12-4-2-1-3-5-12/h6-9,12,16H,1-5,10-11H2. The summed E-state index contributed by atoms with van der Waals surface area (Å²) in [4.78, 5) is 0. The van der Waals surface area contributed by atoms with E-state index in [0.29, 0.717) is 0 Å². The first kappa shape index (κ1) is 12.4. The van der Waals surface area contributed by atoms with Crippen LogP contribution in [0.3, 0.4) is 0 Å². The Morgan fingerprint density at radius 3 is 2.44 bits per heavy atom. The van der Waals surface area contributed by atoms with E-state index in [-0.39, 0.29) is 0 Å². The zero-order chi connectivity index (χ0) is 11.2. The monoisotopic (exact) mass is 329 g/mol. The number of hydrogen-bond acceptors (Lipinski definition) is 1. The molecule has 0 aromatic heterocycles. The van der Waals surface area contributed by atoms with Crippen molar-refractivity contribution in [3.8, 4) is 0 Å². The van der Waals surface area contributed by atoms with Gasteiger partial charge in [-0.25, -0.2) is 0 Å². The third-order valence-electron chi connectivity index (χ3n) is 3.40. The maximum atomic E-state index is 3.59. The highest BCUT2D eigenvalue weighted by molar-refractivity contribution is 14.1. The molecule has 1 saturated carbocycles. The lowest BCUT2D eigenvalue weighted by Crippen LogP contribution is -2.24. The molecule has 88 valence electrons. The molecule has 0 spiro atoms. The van der Waals surface area contributed by atoms with Gasteiger partial charge in [-0.3, -0.25) is 0 Å². The molecule has 1 fully saturated rings. The van der Waals surface area contributed by atoms with Crippen LogP contribution >= 0.6 is 22.6 Å². The smallest absolute Gasteiger partial charge is 0.0205 e. The summed E-state index contributed by atoms with van der Waals surface area (Å²) in [6.45, 7) is 2.22. The van der Waals surface area contributed by atoms with Crippen molar-refractivity contribution in [3.05, 3.63) is 33.4 Å². The Bertz CT molecular complexity index is 301. The number of halogens is 1. The first-order chi connectivity index (χ1) is 7.84. The van der Waals surface area contributed by atoms with Gasteiger partial charge in [-0.15, -0.1) is 0 Å². The summed E-state index contributed by atoms with van der Waals surface area (Å²) in [5.74, 6) is 0.928. The van der Waals surface area contributed by atoms with Crippen molar-refractivity contribution in [2.24, 2.45) is 5.92 Å². The summed E-state index contributed by atoms with van der Waals surface area (Å²) in [5, 5.41) is 3.59. The van der Waals surface area contributed by atoms with Crippen molar-refractivity contribution in [2.75, 3.05) is 6.54 Å². The van der Waals surface area contributed by atoms with Crippen LogP contribution in [0, 0.1) is 9.49 Å². The van der Waals surface area contributed by atoms with Crippen LogP contribution in [-0.4, -0.2) is 6.54 Å². The Kier molecular flexibility index (Phi) is 5.10. The molecular formula is C14H20IN. The molecule has 16 heavy (non-hydrogen) atoms. The summed E-state index contributed by atoms with van der Waals surface area (Å²) in [6, 6.07) is 8.79. The average molecular weight is 329 g/mol. The van der Waals surface area contributed by atoms with E-state index in [1.807, 2.05) is 0 Å². The van der Waals surface area contributed by atoms with Gasteiger partial charge in [0, 0.05) is 10.1 Å². The molecule has 0 bridgehead atoms. The van der Waals surface area contributed by atoms with Gasteiger partial charge in [-0.1, -0.05) is 31.4 Å². The molecule has 0 saturated heterocycles. The number of nitrogens with one attached hydrogen (secondary N) is 1. The molecule has 1 nitrogen and oxygen atoms in total. The van der Waals surface area contributed by atoms with E-state index in [0.717, 1.165) is 12.5 Å². The lowest BCUT2D eigenvalue weighted by Gasteiger charge is -2.21. The maximum absolute atomic E-state index is 3.59. The van der Waals surface area contributed by atoms with Crippen molar-refractivity contribution in [2.45, 2.75) is 38.6 Å². The predicted octanol–water partition coefficient (Wildman–Crippen LogP) is 3.96. The molecule has 1 aromatic rings. The van der Waals surface area contributed by atoms with Gasteiger partial charge < -0.3 is 5.32 Å². The van der Waals surface area contributed by atoms with E-state index in [1.54, 1.807) is 0 Å². The molecule has 0 unspecified atom stereocenters. The van der Waals surface area contributed by atoms with E-state index in [4.69, 9.17) is 0 Å². The van der Waals surface area contributed by atoms with Crippen molar-refractivity contribution in [3.63, 3.8) is 0 Å². The fourth-order valence-electron chi connectivity index (χ4n) is 2.41. The van der Waals surface area contributed by atoms with Gasteiger partial charge in [0.1, 0.15) is 0 Å². The fraction of sp³-hybridized carbons (Fsp3) is 0.571. The lowest BCUT2D eigenvalue weighted by atomic mass is 9.89. The third kappa shape index (κ3) is 4.06. The van der Waals surface area contributed by atoms with Crippen LogP contribution in [0.2, 0.25) is 0 Å². The molecule has 1 aliphatic rings. The van der Waals surface area contributed by atoms with Crippen LogP contribution in [0.5, 0.6) is 0 Å². The predicted molar refractivity (Wildman–Crippen MR) is 77.4 cm³/mol. The third-order valence-corrected chi connectivity index (χ3v) is 4.12. The van der Waals surface area contributed by atoms with E-state index >= 15 is 0 Å². The van der Waals surface area contributed by atoms with E-state index in [1.165, 1.54) is 47.8 Å². The van der Waals surface area contributed by atoms with Crippen molar-refractivity contribution in [1.29, 1.82) is 0 Å². The van der Waals surface area contributed by atoms with E-state index < -0.39 is 0 Å². The fourth-order valence-corrected chi connectivity index (χ4v) is 2.77. The van der Waals surface area contributed by atoms with Crippen LogP contribution in [0.15, 0.2) is 24.3 Å². The molecule has 0 radical (unpaired) electrons. The zero-order valence-corrected chi connectivity index (χ0v) is 11.9. The molecule has 0 atom stereocenters. The number of hydrogen-bond donors (Lipinski definition) is 1. The highest BCUT2D eigenvalue weighted by Crippen LogP contribution is 2.22. The first-order valence-electron chi connectivity index (χ1n) is 6.30. The average Bonchev–Trinajstić information content (AvgIpc) is 2.33. The second-order valence-corrected chi connectivity index (χ2v) is 6.01. The molecule has 2 heteroatoms. The normalized spacial score (nSPS) is 17.6. The summed E-state index contributed by atoms with van der Waals surface area (Å²) in [7, 11) is 0. The topological polar surface area (TPSA) is 12.0 Å². The largest absolute Gasteiger partial charge is 0.312 e. The Balaban J connectivity index is 1.69. The molecular weight excluding hydrogens is 309 g/mol. The van der Waals surface area contributed by atoms with Crippen molar-refractivity contribution >= 4 is 22.6 Å². The van der Waals surface area contributed by atoms with Gasteiger partial charge >= 0.3 is 0 Å². The molecule has 0 heterocycles. The molecule has 1 N–H and O–H groups in total. The lowest BCUT2D eigenvalue weighted by molar-refractivity contribution is 0.342. The van der Waals surface area contributed by atoms with Crippen LogP contribution < -0.4 is 5.32 Å². The van der Waals surface area contributed by atoms with Gasteiger partial charge in [0.15, 0.2) is 0 Å². The van der Waals surface area contributed by atoms with Crippen LogP contribution in [0.1, 0.15) is 37.7 Å². The number of benzene rings is 1. The van der Waals surface area contributed by atoms with Crippen LogP contribution in [0.25, 0.3) is 0 Å². The second-order valence-electron chi connectivity index (χ2n) is 4.76. The SMILES string of the molecule is Ic1ccc(CNCC2CCCCC2)cc1. The van der Waals surface area contributed by atoms with Crippen molar-refractivity contribution < 1.29 is 0 Å². The van der Waals surface area contributed by atoms with Gasteiger partial charge in [0.25, 0.3) is 0 Å². The number of rotatable bonds is 4. The minimum absolute atomic E-state index is 0.928. The Labute approximate surface area is 112 Å².